The second-order valence-corrected chi connectivity index (χ2v) is 5.61. The standard InChI is InChI=1S/C14H20N4O2/c1-10-12(9-16(2)15-10)18-8-6-13(19)17-7-4-3-5-11(17)14(18)20/h9,11H,3-8H2,1-2H3. The molecular weight excluding hydrogens is 256 g/mol. The molecule has 2 aliphatic rings. The Morgan fingerprint density at radius 1 is 1.25 bits per heavy atom. The topological polar surface area (TPSA) is 58.4 Å². The molecule has 6 heteroatoms. The third-order valence-electron chi connectivity index (χ3n) is 4.20. The number of aryl methyl sites for hydroxylation is 2. The van der Waals surface area contributed by atoms with Crippen LogP contribution in [0.1, 0.15) is 31.4 Å². The molecule has 1 unspecified atom stereocenters. The van der Waals surface area contributed by atoms with Crippen LogP contribution in [0.2, 0.25) is 0 Å². The fraction of sp³-hybridized carbons (Fsp3) is 0.643. The molecule has 0 aliphatic carbocycles. The average Bonchev–Trinajstić information content (AvgIpc) is 2.71. The Bertz CT molecular complexity index is 551. The number of hydrogen-bond acceptors (Lipinski definition) is 3. The SMILES string of the molecule is Cc1nn(C)cc1N1CCC(=O)N2CCCCC2C1=O. The summed E-state index contributed by atoms with van der Waals surface area (Å²) in [6.45, 7) is 3.07. The Balaban J connectivity index is 1.94. The smallest absolute Gasteiger partial charge is 0.249 e. The zero-order chi connectivity index (χ0) is 14.3. The van der Waals surface area contributed by atoms with Gasteiger partial charge in [-0.25, -0.2) is 0 Å². The number of rotatable bonds is 1. The van der Waals surface area contributed by atoms with Crippen LogP contribution in [0.25, 0.3) is 0 Å². The molecule has 108 valence electrons. The first-order chi connectivity index (χ1) is 9.58. The zero-order valence-electron chi connectivity index (χ0n) is 12.0. The second kappa shape index (κ2) is 4.92. The van der Waals surface area contributed by atoms with E-state index in [4.69, 9.17) is 0 Å². The van der Waals surface area contributed by atoms with Crippen LogP contribution in [0.15, 0.2) is 6.20 Å². The molecule has 0 aromatic carbocycles. The van der Waals surface area contributed by atoms with E-state index in [2.05, 4.69) is 5.10 Å². The maximum atomic E-state index is 12.8. The Morgan fingerprint density at radius 3 is 2.75 bits per heavy atom. The van der Waals surface area contributed by atoms with E-state index >= 15 is 0 Å². The van der Waals surface area contributed by atoms with Crippen LogP contribution in [-0.2, 0) is 16.6 Å². The van der Waals surface area contributed by atoms with Crippen LogP contribution in [-0.4, -0.2) is 45.6 Å². The van der Waals surface area contributed by atoms with E-state index in [1.807, 2.05) is 20.2 Å². The molecule has 1 aromatic rings. The molecule has 0 spiro atoms. The van der Waals surface area contributed by atoms with Gasteiger partial charge in [-0.05, 0) is 26.2 Å². The van der Waals surface area contributed by atoms with Gasteiger partial charge in [-0.1, -0.05) is 0 Å². The number of fused-ring (bicyclic) bond motifs is 1. The molecule has 0 radical (unpaired) electrons. The molecule has 2 aliphatic heterocycles. The first kappa shape index (κ1) is 13.1. The van der Waals surface area contributed by atoms with Crippen molar-refractivity contribution in [2.24, 2.45) is 7.05 Å². The van der Waals surface area contributed by atoms with Gasteiger partial charge in [0.05, 0.1) is 11.4 Å². The minimum Gasteiger partial charge on any atom is -0.331 e. The maximum absolute atomic E-state index is 12.8. The second-order valence-electron chi connectivity index (χ2n) is 5.61. The third kappa shape index (κ3) is 2.09. The summed E-state index contributed by atoms with van der Waals surface area (Å²) in [6, 6.07) is -0.279. The van der Waals surface area contributed by atoms with Gasteiger partial charge in [0.25, 0.3) is 0 Å². The van der Waals surface area contributed by atoms with Gasteiger partial charge >= 0.3 is 0 Å². The van der Waals surface area contributed by atoms with Crippen molar-refractivity contribution in [3.05, 3.63) is 11.9 Å². The van der Waals surface area contributed by atoms with Crippen molar-refractivity contribution >= 4 is 17.5 Å². The first-order valence-corrected chi connectivity index (χ1v) is 7.19. The van der Waals surface area contributed by atoms with Gasteiger partial charge in [0, 0.05) is 32.8 Å². The van der Waals surface area contributed by atoms with Crippen LogP contribution >= 0.6 is 0 Å². The number of amides is 2. The summed E-state index contributed by atoms with van der Waals surface area (Å²) in [5, 5.41) is 4.30. The fourth-order valence-corrected chi connectivity index (χ4v) is 3.22. The van der Waals surface area contributed by atoms with E-state index < -0.39 is 0 Å². The van der Waals surface area contributed by atoms with Crippen molar-refractivity contribution < 1.29 is 9.59 Å². The lowest BCUT2D eigenvalue weighted by atomic mass is 10.0. The van der Waals surface area contributed by atoms with E-state index in [0.29, 0.717) is 13.0 Å². The van der Waals surface area contributed by atoms with Gasteiger partial charge < -0.3 is 9.80 Å². The number of hydrogen-bond donors (Lipinski definition) is 0. The average molecular weight is 276 g/mol. The van der Waals surface area contributed by atoms with Crippen molar-refractivity contribution in [1.82, 2.24) is 14.7 Å². The molecule has 0 N–H and O–H groups in total. The number of carbonyl (C=O) groups is 2. The van der Waals surface area contributed by atoms with Gasteiger partial charge in [-0.2, -0.15) is 5.10 Å². The van der Waals surface area contributed by atoms with Crippen molar-refractivity contribution in [2.75, 3.05) is 18.0 Å². The molecule has 6 nitrogen and oxygen atoms in total. The van der Waals surface area contributed by atoms with Crippen molar-refractivity contribution in [3.8, 4) is 0 Å². The molecule has 20 heavy (non-hydrogen) atoms. The molecule has 3 rings (SSSR count). The molecular formula is C14H20N4O2. The summed E-state index contributed by atoms with van der Waals surface area (Å²) >= 11 is 0. The van der Waals surface area contributed by atoms with E-state index in [1.165, 1.54) is 0 Å². The number of nitrogens with zero attached hydrogens (tertiary/aromatic N) is 4. The highest BCUT2D eigenvalue weighted by atomic mass is 16.2. The van der Waals surface area contributed by atoms with Gasteiger partial charge in [0.15, 0.2) is 0 Å². The summed E-state index contributed by atoms with van der Waals surface area (Å²) in [4.78, 5) is 28.5. The van der Waals surface area contributed by atoms with Crippen LogP contribution in [0.5, 0.6) is 0 Å². The summed E-state index contributed by atoms with van der Waals surface area (Å²) in [5.74, 6) is 0.152. The third-order valence-corrected chi connectivity index (χ3v) is 4.20. The normalized spacial score (nSPS) is 23.8. The predicted octanol–water partition coefficient (Wildman–Crippen LogP) is 0.846. The monoisotopic (exact) mass is 276 g/mol. The minimum atomic E-state index is -0.279. The highest BCUT2D eigenvalue weighted by Gasteiger charge is 2.38. The van der Waals surface area contributed by atoms with Crippen LogP contribution in [0.3, 0.4) is 0 Å². The Hall–Kier alpha value is -1.85. The van der Waals surface area contributed by atoms with Crippen LogP contribution < -0.4 is 4.90 Å². The lowest BCUT2D eigenvalue weighted by Gasteiger charge is -2.34. The molecule has 2 saturated heterocycles. The van der Waals surface area contributed by atoms with E-state index in [0.717, 1.165) is 37.2 Å². The molecule has 3 heterocycles. The van der Waals surface area contributed by atoms with E-state index in [9.17, 15) is 9.59 Å². The van der Waals surface area contributed by atoms with Crippen molar-refractivity contribution in [2.45, 2.75) is 38.6 Å². The zero-order valence-corrected chi connectivity index (χ0v) is 12.0. The summed E-state index contributed by atoms with van der Waals surface area (Å²) < 4.78 is 1.71. The van der Waals surface area contributed by atoms with Gasteiger partial charge in [-0.15, -0.1) is 0 Å². The van der Waals surface area contributed by atoms with E-state index in [1.54, 1.807) is 14.5 Å². The fourth-order valence-electron chi connectivity index (χ4n) is 3.22. The van der Waals surface area contributed by atoms with Crippen LogP contribution in [0.4, 0.5) is 5.69 Å². The minimum absolute atomic E-state index is 0.0478. The molecule has 1 aromatic heterocycles. The Morgan fingerprint density at radius 2 is 2.05 bits per heavy atom. The molecule has 0 saturated carbocycles. The van der Waals surface area contributed by atoms with Gasteiger partial charge in [0.2, 0.25) is 11.8 Å². The number of anilines is 1. The highest BCUT2D eigenvalue weighted by molar-refractivity contribution is 6.01. The first-order valence-electron chi connectivity index (χ1n) is 7.19. The number of aromatic nitrogens is 2. The predicted molar refractivity (Wildman–Crippen MR) is 74.3 cm³/mol. The number of piperidine rings is 1. The summed E-state index contributed by atoms with van der Waals surface area (Å²) in [6.07, 6.45) is 5.05. The molecule has 2 amide bonds. The Kier molecular flexibility index (Phi) is 3.23. The largest absolute Gasteiger partial charge is 0.331 e. The maximum Gasteiger partial charge on any atom is 0.249 e. The lowest BCUT2D eigenvalue weighted by molar-refractivity contribution is -0.138. The molecule has 0 bridgehead atoms. The Labute approximate surface area is 118 Å². The summed E-state index contributed by atoms with van der Waals surface area (Å²) in [7, 11) is 1.84. The quantitative estimate of drug-likeness (QED) is 0.764. The lowest BCUT2D eigenvalue weighted by Crippen LogP contribution is -2.49. The van der Waals surface area contributed by atoms with Gasteiger partial charge in [0.1, 0.15) is 6.04 Å². The highest BCUT2D eigenvalue weighted by Crippen LogP contribution is 2.27. The van der Waals surface area contributed by atoms with Crippen LogP contribution in [0, 0.1) is 6.92 Å². The van der Waals surface area contributed by atoms with Crippen molar-refractivity contribution in [1.29, 1.82) is 0 Å². The van der Waals surface area contributed by atoms with Gasteiger partial charge in [-0.3, -0.25) is 14.3 Å². The molecule has 1 atom stereocenters. The van der Waals surface area contributed by atoms with E-state index in [-0.39, 0.29) is 17.9 Å². The number of carbonyl (C=O) groups excluding carboxylic acids is 2. The summed E-state index contributed by atoms with van der Waals surface area (Å²) in [5.41, 5.74) is 1.66. The van der Waals surface area contributed by atoms with Crippen molar-refractivity contribution in [3.63, 3.8) is 0 Å². The molecule has 2 fully saturated rings.